The van der Waals surface area contributed by atoms with Crippen LogP contribution < -0.4 is 59.1 Å². The summed E-state index contributed by atoms with van der Waals surface area (Å²) in [5.74, 6) is 0. The van der Waals surface area contributed by atoms with Gasteiger partial charge in [0.1, 0.15) is 0 Å². The van der Waals surface area contributed by atoms with Crippen molar-refractivity contribution in [3.63, 3.8) is 0 Å². The van der Waals surface area contributed by atoms with Gasteiger partial charge in [0.15, 0.2) is 0 Å². The molecule has 0 spiro atoms. The van der Waals surface area contributed by atoms with Crippen molar-refractivity contribution in [1.82, 2.24) is 0 Å². The van der Waals surface area contributed by atoms with Crippen LogP contribution in [0.2, 0.25) is 0 Å². The van der Waals surface area contributed by atoms with Crippen molar-refractivity contribution in [3.8, 4) is 0 Å². The molecule has 0 aliphatic heterocycles. The van der Waals surface area contributed by atoms with Gasteiger partial charge < -0.3 is 2.85 Å². The summed E-state index contributed by atoms with van der Waals surface area (Å²) in [6.07, 6.45) is 0. The van der Waals surface area contributed by atoms with E-state index in [0.29, 0.717) is 0 Å². The maximum atomic E-state index is 0. The third-order valence-electron chi connectivity index (χ3n) is 0. The molecule has 0 aromatic rings. The topological polar surface area (TPSA) is 0 Å². The summed E-state index contributed by atoms with van der Waals surface area (Å²) in [6.45, 7) is 0. The molecule has 0 unspecified atom stereocenters. The Balaban J connectivity index is 0. The largest absolute Gasteiger partial charge is 1.00 e. The van der Waals surface area contributed by atoms with Crippen LogP contribution in [-0.2, 0) is 0 Å². The van der Waals surface area contributed by atoms with Crippen LogP contribution in [-0.4, -0.2) is 0 Å². The second-order valence-electron chi connectivity index (χ2n) is 0. The molecular formula is H5F3Na2. The number of hydrogen-bond donors (Lipinski definition) is 0. The van der Waals surface area contributed by atoms with Crippen LogP contribution in [0.15, 0.2) is 0 Å². The SMILES string of the molecule is F.F.F.[H-].[H-].[Na+].[Na+]. The van der Waals surface area contributed by atoms with E-state index in [2.05, 4.69) is 0 Å². The van der Waals surface area contributed by atoms with E-state index >= 15 is 0 Å². The zero-order valence-electron chi connectivity index (χ0n) is 5.22. The first-order chi connectivity index (χ1) is 0. The second-order valence-corrected chi connectivity index (χ2v) is 0. The molecule has 0 fully saturated rings. The monoisotopic (exact) mass is 108 g/mol. The zero-order chi connectivity index (χ0) is 0. The van der Waals surface area contributed by atoms with Crippen molar-refractivity contribution in [1.29, 1.82) is 0 Å². The summed E-state index contributed by atoms with van der Waals surface area (Å²) in [7, 11) is 0. The molecule has 0 bridgehead atoms. The van der Waals surface area contributed by atoms with Gasteiger partial charge in [0, 0.05) is 0 Å². The van der Waals surface area contributed by atoms with Crippen LogP contribution in [0.4, 0.5) is 14.1 Å². The molecule has 0 aliphatic rings. The summed E-state index contributed by atoms with van der Waals surface area (Å²) < 4.78 is 0. The minimum Gasteiger partial charge on any atom is -1.00 e. The van der Waals surface area contributed by atoms with Crippen LogP contribution in [0.1, 0.15) is 2.85 Å². The Morgan fingerprint density at radius 3 is 0.600 bits per heavy atom. The van der Waals surface area contributed by atoms with E-state index in [0.717, 1.165) is 0 Å². The van der Waals surface area contributed by atoms with Gasteiger partial charge in [-0.05, 0) is 0 Å². The molecule has 5 heteroatoms. The fraction of sp³-hybridized carbons (Fsp3) is 0. The molecule has 0 nitrogen and oxygen atoms in total. The molecule has 0 saturated heterocycles. The fourth-order valence-electron chi connectivity index (χ4n) is 0. The maximum Gasteiger partial charge on any atom is 1.00 e. The van der Waals surface area contributed by atoms with Gasteiger partial charge in [-0.2, -0.15) is 0 Å². The molecule has 0 rings (SSSR count). The van der Waals surface area contributed by atoms with E-state index in [4.69, 9.17) is 0 Å². The quantitative estimate of drug-likeness (QED) is 0.272. The molecule has 0 heterocycles. The van der Waals surface area contributed by atoms with E-state index in [1.54, 1.807) is 0 Å². The number of hydrogen-bond acceptors (Lipinski definition) is 0. The van der Waals surface area contributed by atoms with Crippen molar-refractivity contribution < 1.29 is 76.1 Å². The van der Waals surface area contributed by atoms with Crippen LogP contribution >= 0.6 is 0 Å². The molecule has 0 saturated carbocycles. The Morgan fingerprint density at radius 1 is 0.600 bits per heavy atom. The summed E-state index contributed by atoms with van der Waals surface area (Å²) in [4.78, 5) is 0. The average molecular weight is 108 g/mol. The predicted molar refractivity (Wildman–Crippen MR) is 9.73 cm³/mol. The first kappa shape index (κ1) is 71.0. The van der Waals surface area contributed by atoms with Crippen LogP contribution in [0.3, 0.4) is 0 Å². The molecule has 0 N–H and O–H groups in total. The standard InChI is InChI=1S/3FH.2Na.2H/h3*1H;;;;/q;;;2*+1;2*-1. The van der Waals surface area contributed by atoms with Crippen molar-refractivity contribution in [3.05, 3.63) is 0 Å². The first-order valence-corrected chi connectivity index (χ1v) is 0. The molecule has 5 heavy (non-hydrogen) atoms. The van der Waals surface area contributed by atoms with Crippen molar-refractivity contribution in [2.75, 3.05) is 0 Å². The smallest absolute Gasteiger partial charge is 1.00 e. The Labute approximate surface area is 75.4 Å². The van der Waals surface area contributed by atoms with Crippen molar-refractivity contribution in [2.45, 2.75) is 0 Å². The molecule has 0 aliphatic carbocycles. The van der Waals surface area contributed by atoms with Crippen molar-refractivity contribution >= 4 is 0 Å². The molecule has 0 radical (unpaired) electrons. The average Bonchev–Trinajstić information content (AvgIpc) is 0. The van der Waals surface area contributed by atoms with Gasteiger partial charge in [-0.1, -0.05) is 0 Å². The van der Waals surface area contributed by atoms with Gasteiger partial charge in [0.2, 0.25) is 0 Å². The van der Waals surface area contributed by atoms with E-state index in [1.165, 1.54) is 0 Å². The van der Waals surface area contributed by atoms with Crippen LogP contribution in [0.25, 0.3) is 0 Å². The molecule has 28 valence electrons. The van der Waals surface area contributed by atoms with Gasteiger partial charge in [-0.3, -0.25) is 14.1 Å². The van der Waals surface area contributed by atoms with Crippen LogP contribution in [0.5, 0.6) is 0 Å². The normalized spacial score (nSPS) is 0. The van der Waals surface area contributed by atoms with Gasteiger partial charge in [0.25, 0.3) is 0 Å². The Bertz CT molecular complexity index is 10.9. The van der Waals surface area contributed by atoms with Crippen LogP contribution in [0, 0.1) is 0 Å². The maximum absolute atomic E-state index is 0. The summed E-state index contributed by atoms with van der Waals surface area (Å²) in [6, 6.07) is 0. The molecular weight excluding hydrogens is 103 g/mol. The Morgan fingerprint density at radius 2 is 0.600 bits per heavy atom. The molecule has 0 aromatic carbocycles. The molecule has 0 amide bonds. The number of halogens is 3. The van der Waals surface area contributed by atoms with Crippen molar-refractivity contribution in [2.24, 2.45) is 0 Å². The van der Waals surface area contributed by atoms with Gasteiger partial charge in [0.05, 0.1) is 0 Å². The third-order valence-corrected chi connectivity index (χ3v) is 0. The first-order valence-electron chi connectivity index (χ1n) is 0. The minimum absolute atomic E-state index is 0. The predicted octanol–water partition coefficient (Wildman–Crippen LogP) is -5.31. The van der Waals surface area contributed by atoms with Gasteiger partial charge in [-0.15, -0.1) is 0 Å². The van der Waals surface area contributed by atoms with E-state index in [-0.39, 0.29) is 76.1 Å². The van der Waals surface area contributed by atoms with E-state index < -0.39 is 0 Å². The second kappa shape index (κ2) is 41.5. The third kappa shape index (κ3) is 26.0. The Hall–Kier alpha value is 1.79. The van der Waals surface area contributed by atoms with Gasteiger partial charge >= 0.3 is 59.1 Å². The summed E-state index contributed by atoms with van der Waals surface area (Å²) in [5.41, 5.74) is 0. The summed E-state index contributed by atoms with van der Waals surface area (Å²) >= 11 is 0. The molecule has 0 aromatic heterocycles. The fourth-order valence-corrected chi connectivity index (χ4v) is 0. The summed E-state index contributed by atoms with van der Waals surface area (Å²) in [5, 5.41) is 0. The van der Waals surface area contributed by atoms with E-state index in [1.807, 2.05) is 0 Å². The zero-order valence-corrected chi connectivity index (χ0v) is 7.22. The molecule has 0 atom stereocenters. The Kier molecular flexibility index (Phi) is 589. The van der Waals surface area contributed by atoms with E-state index in [9.17, 15) is 0 Å². The minimum atomic E-state index is 0. The number of rotatable bonds is 0. The van der Waals surface area contributed by atoms with Gasteiger partial charge in [-0.25, -0.2) is 0 Å².